The average molecular weight is 308 g/mol. The van der Waals surface area contributed by atoms with E-state index in [9.17, 15) is 26.7 Å². The minimum absolute atomic E-state index is 0.136. The smallest absolute Gasteiger partial charge is 0.459 e. The van der Waals surface area contributed by atoms with Gasteiger partial charge < -0.3 is 14.2 Å². The zero-order chi connectivity index (χ0) is 15.6. The normalized spacial score (nSPS) is 12.5. The number of hydrogen-bond donors (Lipinski definition) is 0. The highest BCUT2D eigenvalue weighted by Gasteiger charge is 2.64. The number of carbonyl (C=O) groups excluding carboxylic acids is 1. The average Bonchev–Trinajstić information content (AvgIpc) is 2.35. The van der Waals surface area contributed by atoms with Gasteiger partial charge in [-0.05, 0) is 6.42 Å². The molecule has 120 valence electrons. The Labute approximate surface area is 113 Å². The van der Waals surface area contributed by atoms with Crippen molar-refractivity contribution < 1.29 is 41.0 Å². The predicted molar refractivity (Wildman–Crippen MR) is 58.5 cm³/mol. The zero-order valence-electron chi connectivity index (χ0n) is 11.0. The van der Waals surface area contributed by atoms with Crippen LogP contribution in [0.15, 0.2) is 0 Å². The van der Waals surface area contributed by atoms with Crippen LogP contribution < -0.4 is 0 Å². The quantitative estimate of drug-likeness (QED) is 0.353. The number of ether oxygens (including phenoxy) is 3. The second-order valence-electron chi connectivity index (χ2n) is 3.79. The summed E-state index contributed by atoms with van der Waals surface area (Å²) in [5.41, 5.74) is 0. The molecule has 0 spiro atoms. The Morgan fingerprint density at radius 2 is 1.40 bits per heavy atom. The van der Waals surface area contributed by atoms with E-state index in [1.807, 2.05) is 6.92 Å². The first-order chi connectivity index (χ1) is 9.23. The van der Waals surface area contributed by atoms with E-state index in [0.29, 0.717) is 6.61 Å². The summed E-state index contributed by atoms with van der Waals surface area (Å²) in [7, 11) is 0. The number of alkyl halides is 5. The number of esters is 1. The van der Waals surface area contributed by atoms with Gasteiger partial charge >= 0.3 is 18.1 Å². The van der Waals surface area contributed by atoms with Crippen LogP contribution in [0.5, 0.6) is 0 Å². The molecule has 0 aromatic heterocycles. The van der Waals surface area contributed by atoms with E-state index in [2.05, 4.69) is 4.74 Å². The Kier molecular flexibility index (Phi) is 8.63. The molecule has 0 radical (unpaired) electrons. The van der Waals surface area contributed by atoms with Gasteiger partial charge in [0.05, 0.1) is 19.8 Å². The maximum Gasteiger partial charge on any atom is 0.465 e. The third kappa shape index (κ3) is 6.99. The van der Waals surface area contributed by atoms with Crippen LogP contribution in [0.3, 0.4) is 0 Å². The van der Waals surface area contributed by atoms with Gasteiger partial charge in [-0.1, -0.05) is 13.3 Å². The molecule has 0 amide bonds. The van der Waals surface area contributed by atoms with Crippen LogP contribution >= 0.6 is 0 Å². The first kappa shape index (κ1) is 19.0. The molecule has 0 aliphatic heterocycles. The first-order valence-electron chi connectivity index (χ1n) is 6.00. The number of hydrogen-bond acceptors (Lipinski definition) is 4. The van der Waals surface area contributed by atoms with Gasteiger partial charge in [0.25, 0.3) is 0 Å². The maximum absolute atomic E-state index is 12.4. The van der Waals surface area contributed by atoms with E-state index in [0.717, 1.165) is 12.8 Å². The van der Waals surface area contributed by atoms with Crippen molar-refractivity contribution in [3.05, 3.63) is 0 Å². The molecule has 0 atom stereocenters. The summed E-state index contributed by atoms with van der Waals surface area (Å²) in [4.78, 5) is 10.5. The number of rotatable bonds is 10. The molecule has 0 aromatic rings. The van der Waals surface area contributed by atoms with Crippen LogP contribution in [0.1, 0.15) is 19.8 Å². The van der Waals surface area contributed by atoms with E-state index in [-0.39, 0.29) is 19.8 Å². The lowest BCUT2D eigenvalue weighted by Gasteiger charge is -2.17. The fourth-order valence-corrected chi connectivity index (χ4v) is 0.968. The van der Waals surface area contributed by atoms with Gasteiger partial charge in [-0.25, -0.2) is 4.79 Å². The zero-order valence-corrected chi connectivity index (χ0v) is 11.0. The van der Waals surface area contributed by atoms with Gasteiger partial charge in [0.1, 0.15) is 6.61 Å². The summed E-state index contributed by atoms with van der Waals surface area (Å²) >= 11 is 0. The standard InChI is InChI=1S/C11H17F5O4/c1-2-3-4-18-5-6-19-7-8-20-9(17)10(12,13)11(14,15)16/h2-8H2,1H3. The Hall–Kier alpha value is -0.960. The summed E-state index contributed by atoms with van der Waals surface area (Å²) < 4.78 is 73.8. The molecule has 9 heteroatoms. The molecule has 0 rings (SSSR count). The minimum Gasteiger partial charge on any atom is -0.459 e. The van der Waals surface area contributed by atoms with E-state index in [1.54, 1.807) is 0 Å². The van der Waals surface area contributed by atoms with E-state index < -0.39 is 24.7 Å². The third-order valence-corrected chi connectivity index (χ3v) is 2.09. The predicted octanol–water partition coefficient (Wildman–Crippen LogP) is 2.56. The Bertz CT molecular complexity index is 280. The van der Waals surface area contributed by atoms with Crippen molar-refractivity contribution >= 4 is 5.97 Å². The molecule has 0 heterocycles. The summed E-state index contributed by atoms with van der Waals surface area (Å²) in [6.07, 6.45) is -4.09. The Balaban J connectivity index is 3.63. The Morgan fingerprint density at radius 1 is 0.900 bits per heavy atom. The molecular weight excluding hydrogens is 291 g/mol. The molecule has 0 saturated carbocycles. The highest BCUT2D eigenvalue weighted by molar-refractivity contribution is 5.78. The molecule has 0 aliphatic carbocycles. The van der Waals surface area contributed by atoms with E-state index in [1.165, 1.54) is 0 Å². The third-order valence-electron chi connectivity index (χ3n) is 2.09. The van der Waals surface area contributed by atoms with Gasteiger partial charge in [0.2, 0.25) is 0 Å². The van der Waals surface area contributed by atoms with E-state index >= 15 is 0 Å². The molecule has 0 aromatic carbocycles. The van der Waals surface area contributed by atoms with Crippen molar-refractivity contribution in [2.75, 3.05) is 33.0 Å². The van der Waals surface area contributed by atoms with Crippen LogP contribution in [0.2, 0.25) is 0 Å². The number of carbonyl (C=O) groups is 1. The van der Waals surface area contributed by atoms with Crippen molar-refractivity contribution in [1.82, 2.24) is 0 Å². The van der Waals surface area contributed by atoms with Crippen LogP contribution in [-0.4, -0.2) is 51.1 Å². The highest BCUT2D eigenvalue weighted by Crippen LogP contribution is 2.36. The van der Waals surface area contributed by atoms with Crippen molar-refractivity contribution in [1.29, 1.82) is 0 Å². The molecule has 0 bridgehead atoms. The van der Waals surface area contributed by atoms with Gasteiger partial charge in [0, 0.05) is 6.61 Å². The second kappa shape index (κ2) is 9.06. The van der Waals surface area contributed by atoms with Crippen molar-refractivity contribution in [2.24, 2.45) is 0 Å². The number of unbranched alkanes of at least 4 members (excludes halogenated alkanes) is 1. The molecular formula is C11H17F5O4. The molecule has 0 unspecified atom stereocenters. The molecule has 20 heavy (non-hydrogen) atoms. The van der Waals surface area contributed by atoms with Crippen LogP contribution in [0, 0.1) is 0 Å². The summed E-state index contributed by atoms with van der Waals surface area (Å²) in [5.74, 6) is -8.14. The summed E-state index contributed by atoms with van der Waals surface area (Å²) in [5, 5.41) is 0. The minimum atomic E-state index is -5.96. The van der Waals surface area contributed by atoms with Gasteiger partial charge in [-0.2, -0.15) is 22.0 Å². The second-order valence-corrected chi connectivity index (χ2v) is 3.79. The van der Waals surface area contributed by atoms with Crippen molar-refractivity contribution in [3.8, 4) is 0 Å². The van der Waals surface area contributed by atoms with Crippen molar-refractivity contribution in [3.63, 3.8) is 0 Å². The molecule has 0 saturated heterocycles. The van der Waals surface area contributed by atoms with Gasteiger partial charge in [-0.15, -0.1) is 0 Å². The molecule has 0 aliphatic rings. The summed E-state index contributed by atoms with van der Waals surface area (Å²) in [6.45, 7) is 2.00. The Morgan fingerprint density at radius 3 is 1.90 bits per heavy atom. The van der Waals surface area contributed by atoms with Gasteiger partial charge in [0.15, 0.2) is 0 Å². The first-order valence-corrected chi connectivity index (χ1v) is 6.00. The monoisotopic (exact) mass is 308 g/mol. The maximum atomic E-state index is 12.4. The highest BCUT2D eigenvalue weighted by atomic mass is 19.4. The molecule has 0 N–H and O–H groups in total. The lowest BCUT2D eigenvalue weighted by molar-refractivity contribution is -0.280. The van der Waals surface area contributed by atoms with Crippen molar-refractivity contribution in [2.45, 2.75) is 31.9 Å². The van der Waals surface area contributed by atoms with Crippen LogP contribution in [0.4, 0.5) is 22.0 Å². The van der Waals surface area contributed by atoms with Crippen LogP contribution in [0.25, 0.3) is 0 Å². The largest absolute Gasteiger partial charge is 0.465 e. The SMILES string of the molecule is CCCCOCCOCCOC(=O)C(F)(F)C(F)(F)F. The topological polar surface area (TPSA) is 44.8 Å². The fourth-order valence-electron chi connectivity index (χ4n) is 0.968. The van der Waals surface area contributed by atoms with Crippen LogP contribution in [-0.2, 0) is 19.0 Å². The lowest BCUT2D eigenvalue weighted by Crippen LogP contribution is -2.45. The number of halogens is 5. The lowest BCUT2D eigenvalue weighted by atomic mass is 10.3. The van der Waals surface area contributed by atoms with Gasteiger partial charge in [-0.3, -0.25) is 0 Å². The fraction of sp³-hybridized carbons (Fsp3) is 0.909. The van der Waals surface area contributed by atoms with E-state index in [4.69, 9.17) is 9.47 Å². The molecule has 4 nitrogen and oxygen atoms in total. The molecule has 0 fully saturated rings. The summed E-state index contributed by atoms with van der Waals surface area (Å²) in [6, 6.07) is 0.